The molecule has 2 aromatic rings. The van der Waals surface area contributed by atoms with Crippen LogP contribution in [0.5, 0.6) is 0 Å². The third-order valence-corrected chi connectivity index (χ3v) is 7.17. The molecule has 2 aromatic carbocycles. The summed E-state index contributed by atoms with van der Waals surface area (Å²) >= 11 is 0. The maximum Gasteiger partial charge on any atom is 0.416 e. The molecule has 0 spiro atoms. The predicted molar refractivity (Wildman–Crippen MR) is 111 cm³/mol. The Balaban J connectivity index is 2.74. The molecule has 0 fully saturated rings. The molecule has 0 radical (unpaired) electrons. The average molecular weight is 473 g/mol. The lowest BCUT2D eigenvalue weighted by Gasteiger charge is -2.30. The summed E-state index contributed by atoms with van der Waals surface area (Å²) in [4.78, 5) is 24.1. The van der Waals surface area contributed by atoms with Crippen LogP contribution in [0.4, 0.5) is 13.2 Å². The van der Waals surface area contributed by atoms with E-state index in [1.807, 2.05) is 0 Å². The van der Waals surface area contributed by atoms with Crippen LogP contribution >= 0.6 is 7.60 Å². The Kier molecular flexibility index (Phi) is 8.72. The highest BCUT2D eigenvalue weighted by Crippen LogP contribution is 2.58. The molecule has 0 aliphatic heterocycles. The summed E-state index contributed by atoms with van der Waals surface area (Å²) in [6, 6.07) is 11.4. The number of nitrogens with zero attached hydrogens (tertiary/aromatic N) is 1. The van der Waals surface area contributed by atoms with Crippen LogP contribution in [0.25, 0.3) is 0 Å². The van der Waals surface area contributed by atoms with Gasteiger partial charge in [0.25, 0.3) is 0 Å². The van der Waals surface area contributed by atoms with Crippen LogP contribution in [-0.4, -0.2) is 36.1 Å². The zero-order chi connectivity index (χ0) is 23.9. The number of ketones is 1. The van der Waals surface area contributed by atoms with Crippen molar-refractivity contribution in [2.45, 2.75) is 31.6 Å². The average Bonchev–Trinajstić information content (AvgIpc) is 2.73. The molecule has 2 atom stereocenters. The van der Waals surface area contributed by atoms with E-state index in [1.165, 1.54) is 32.0 Å². The number of Topliss-reactive ketones (excluding diaryl/α,β-unsaturated/α-hetero) is 1. The molecule has 1 unspecified atom stereocenters. The van der Waals surface area contributed by atoms with Crippen molar-refractivity contribution in [2.24, 2.45) is 0 Å². The summed E-state index contributed by atoms with van der Waals surface area (Å²) in [5.41, 5.74) is -2.85. The van der Waals surface area contributed by atoms with Crippen molar-refractivity contribution in [3.8, 4) is 0 Å². The number of alkyl halides is 3. The van der Waals surface area contributed by atoms with Crippen molar-refractivity contribution in [3.63, 3.8) is 0 Å². The highest BCUT2D eigenvalue weighted by Gasteiger charge is 2.49. The Hall–Kier alpha value is -2.55. The Labute approximate surface area is 183 Å². The molecule has 0 saturated carbocycles. The van der Waals surface area contributed by atoms with Crippen LogP contribution in [0.2, 0.25) is 0 Å². The van der Waals surface area contributed by atoms with Gasteiger partial charge in [-0.25, -0.2) is 0 Å². The van der Waals surface area contributed by atoms with Gasteiger partial charge in [0.15, 0.2) is 5.78 Å². The molecular formula is C21H23F3NO6P. The molecule has 0 aromatic heterocycles. The number of rotatable bonds is 11. The zero-order valence-electron chi connectivity index (χ0n) is 17.4. The summed E-state index contributed by atoms with van der Waals surface area (Å²) in [6.45, 7) is 1.78. The van der Waals surface area contributed by atoms with Gasteiger partial charge >= 0.3 is 13.8 Å². The lowest BCUT2D eigenvalue weighted by atomic mass is 9.90. The largest absolute Gasteiger partial charge is 0.416 e. The van der Waals surface area contributed by atoms with Crippen LogP contribution in [0, 0.1) is 10.1 Å². The Bertz CT molecular complexity index is 973. The number of hydrogen-bond donors (Lipinski definition) is 0. The minimum Gasteiger partial charge on any atom is -0.308 e. The maximum absolute atomic E-state index is 13.7. The quantitative estimate of drug-likeness (QED) is 0.183. The van der Waals surface area contributed by atoms with Crippen LogP contribution in [0.1, 0.15) is 41.3 Å². The van der Waals surface area contributed by atoms with Gasteiger partial charge in [-0.3, -0.25) is 19.5 Å². The standard InChI is InChI=1S/C21H23F3NO6P/c1-3-30-32(29,31-4-2)20(19(26)15-9-6-5-7-10-15)18(14-25(27)28)16-11-8-12-17(13-16)21(22,23)24/h5-13,18,20H,3-4,14H2,1-2H3/t18-,20?/m0/s1. The molecule has 32 heavy (non-hydrogen) atoms. The molecule has 174 valence electrons. The van der Waals surface area contributed by atoms with Gasteiger partial charge in [-0.1, -0.05) is 48.5 Å². The first-order valence-electron chi connectivity index (χ1n) is 9.80. The van der Waals surface area contributed by atoms with E-state index < -0.39 is 48.2 Å². The Morgan fingerprint density at radius 3 is 2.16 bits per heavy atom. The van der Waals surface area contributed by atoms with Crippen molar-refractivity contribution >= 4 is 13.4 Å². The van der Waals surface area contributed by atoms with Gasteiger partial charge in [0.2, 0.25) is 6.54 Å². The van der Waals surface area contributed by atoms with Crippen molar-refractivity contribution < 1.29 is 36.5 Å². The van der Waals surface area contributed by atoms with Crippen LogP contribution in [-0.2, 0) is 19.8 Å². The first-order valence-corrected chi connectivity index (χ1v) is 11.4. The van der Waals surface area contributed by atoms with E-state index in [9.17, 15) is 32.6 Å². The van der Waals surface area contributed by atoms with E-state index in [2.05, 4.69) is 0 Å². The number of carbonyl (C=O) groups excluding carboxylic acids is 1. The van der Waals surface area contributed by atoms with Crippen molar-refractivity contribution in [1.29, 1.82) is 0 Å². The molecular weight excluding hydrogens is 450 g/mol. The Morgan fingerprint density at radius 1 is 1.06 bits per heavy atom. The van der Waals surface area contributed by atoms with E-state index in [4.69, 9.17) is 9.05 Å². The van der Waals surface area contributed by atoms with Gasteiger partial charge < -0.3 is 9.05 Å². The van der Waals surface area contributed by atoms with Crippen LogP contribution < -0.4 is 0 Å². The highest BCUT2D eigenvalue weighted by atomic mass is 31.2. The highest BCUT2D eigenvalue weighted by molar-refractivity contribution is 7.56. The van der Waals surface area contributed by atoms with Gasteiger partial charge in [0.1, 0.15) is 5.66 Å². The third kappa shape index (κ3) is 6.25. The first-order chi connectivity index (χ1) is 15.0. The fourth-order valence-electron chi connectivity index (χ4n) is 3.37. The normalized spacial score (nSPS) is 14.0. The molecule has 0 aliphatic carbocycles. The summed E-state index contributed by atoms with van der Waals surface area (Å²) in [7, 11) is -4.32. The van der Waals surface area contributed by atoms with Gasteiger partial charge in [-0.05, 0) is 25.5 Å². The summed E-state index contributed by atoms with van der Waals surface area (Å²) < 4.78 is 64.2. The SMILES string of the molecule is CCOP(=O)(OCC)C(C(=O)c1ccccc1)[C@@H](C[N+](=O)[O-])c1cccc(C(F)(F)F)c1. The Morgan fingerprint density at radius 2 is 1.66 bits per heavy atom. The number of hydrogen-bond acceptors (Lipinski definition) is 6. The van der Waals surface area contributed by atoms with Gasteiger partial charge in [0.05, 0.1) is 24.7 Å². The van der Waals surface area contributed by atoms with Crippen molar-refractivity contribution in [2.75, 3.05) is 19.8 Å². The molecule has 2 rings (SSSR count). The van der Waals surface area contributed by atoms with E-state index in [1.54, 1.807) is 18.2 Å². The summed E-state index contributed by atoms with van der Waals surface area (Å²) in [5, 5.41) is 11.5. The topological polar surface area (TPSA) is 95.7 Å². The van der Waals surface area contributed by atoms with E-state index >= 15 is 0 Å². The fraction of sp³-hybridized carbons (Fsp3) is 0.381. The third-order valence-electron chi connectivity index (χ3n) is 4.65. The number of nitro groups is 1. The van der Waals surface area contributed by atoms with E-state index in [0.29, 0.717) is 0 Å². The molecule has 0 heterocycles. The smallest absolute Gasteiger partial charge is 0.308 e. The fourth-order valence-corrected chi connectivity index (χ4v) is 5.63. The van der Waals surface area contributed by atoms with Gasteiger partial charge in [-0.15, -0.1) is 0 Å². The maximum atomic E-state index is 13.7. The van der Waals surface area contributed by atoms with Crippen LogP contribution in [0.15, 0.2) is 54.6 Å². The summed E-state index contributed by atoms with van der Waals surface area (Å²) in [5.74, 6) is -2.27. The van der Waals surface area contributed by atoms with Crippen molar-refractivity contribution in [1.82, 2.24) is 0 Å². The molecule has 0 aliphatic rings. The molecule has 7 nitrogen and oxygen atoms in total. The van der Waals surface area contributed by atoms with E-state index in [-0.39, 0.29) is 24.3 Å². The number of carbonyl (C=O) groups is 1. The predicted octanol–water partition coefficient (Wildman–Crippen LogP) is 5.58. The van der Waals surface area contributed by atoms with E-state index in [0.717, 1.165) is 18.2 Å². The van der Waals surface area contributed by atoms with Crippen LogP contribution in [0.3, 0.4) is 0 Å². The van der Waals surface area contributed by atoms with Gasteiger partial charge in [0, 0.05) is 10.5 Å². The molecule has 0 saturated heterocycles. The second-order valence-corrected chi connectivity index (χ2v) is 8.95. The zero-order valence-corrected chi connectivity index (χ0v) is 18.3. The second-order valence-electron chi connectivity index (χ2n) is 6.80. The molecule has 0 amide bonds. The number of benzene rings is 2. The monoisotopic (exact) mass is 473 g/mol. The minimum absolute atomic E-state index is 0.0810. The summed E-state index contributed by atoms with van der Waals surface area (Å²) in [6.07, 6.45) is -4.71. The van der Waals surface area contributed by atoms with Crippen molar-refractivity contribution in [3.05, 3.63) is 81.4 Å². The second kappa shape index (κ2) is 10.8. The minimum atomic E-state index is -4.71. The first kappa shape index (κ1) is 25.7. The lowest BCUT2D eigenvalue weighted by molar-refractivity contribution is -0.483. The lowest BCUT2D eigenvalue weighted by Crippen LogP contribution is -2.34. The molecule has 11 heteroatoms. The molecule has 0 bridgehead atoms. The van der Waals surface area contributed by atoms with Gasteiger partial charge in [-0.2, -0.15) is 13.2 Å². The number of halogens is 3. The molecule has 0 N–H and O–H groups in total.